The van der Waals surface area contributed by atoms with Gasteiger partial charge in [-0.3, -0.25) is 9.59 Å². The molecule has 0 saturated carbocycles. The van der Waals surface area contributed by atoms with Gasteiger partial charge >= 0.3 is 5.97 Å². The molecule has 0 aliphatic rings. The van der Waals surface area contributed by atoms with Gasteiger partial charge < -0.3 is 20.3 Å². The molecular weight excluding hydrogens is 863 g/mol. The van der Waals surface area contributed by atoms with Crippen molar-refractivity contribution >= 4 is 11.9 Å². The molecule has 70 heavy (non-hydrogen) atoms. The van der Waals surface area contributed by atoms with Crippen molar-refractivity contribution in [2.24, 2.45) is 0 Å². The van der Waals surface area contributed by atoms with Crippen molar-refractivity contribution in [1.82, 2.24) is 5.32 Å². The number of amides is 1. The molecule has 0 aromatic rings. The Morgan fingerprint density at radius 2 is 0.671 bits per heavy atom. The van der Waals surface area contributed by atoms with E-state index in [1.54, 1.807) is 6.08 Å². The number of carbonyl (C=O) groups is 2. The van der Waals surface area contributed by atoms with Gasteiger partial charge in [-0.05, 0) is 83.5 Å². The van der Waals surface area contributed by atoms with Crippen LogP contribution in [0.25, 0.3) is 0 Å². The Labute approximate surface area is 436 Å². The van der Waals surface area contributed by atoms with Crippen molar-refractivity contribution in [1.29, 1.82) is 0 Å². The van der Waals surface area contributed by atoms with Gasteiger partial charge in [0.15, 0.2) is 0 Å². The van der Waals surface area contributed by atoms with Crippen LogP contribution in [-0.2, 0) is 14.3 Å². The van der Waals surface area contributed by atoms with Crippen LogP contribution >= 0.6 is 0 Å². The summed E-state index contributed by atoms with van der Waals surface area (Å²) < 4.78 is 5.49. The third kappa shape index (κ3) is 55.4. The fourth-order valence-corrected chi connectivity index (χ4v) is 9.57. The predicted octanol–water partition coefficient (Wildman–Crippen LogP) is 19.6. The van der Waals surface area contributed by atoms with Crippen molar-refractivity contribution < 1.29 is 24.5 Å². The quantitative estimate of drug-likeness (QED) is 0.0321. The average Bonchev–Trinajstić information content (AvgIpc) is 3.36. The van der Waals surface area contributed by atoms with E-state index in [1.165, 1.54) is 263 Å². The van der Waals surface area contributed by atoms with Crippen LogP contribution in [0.15, 0.2) is 36.5 Å². The Balaban J connectivity index is 3.36. The van der Waals surface area contributed by atoms with Crippen molar-refractivity contribution in [3.63, 3.8) is 0 Å². The first-order valence-corrected chi connectivity index (χ1v) is 31.3. The van der Waals surface area contributed by atoms with Crippen molar-refractivity contribution in [3.8, 4) is 0 Å². The summed E-state index contributed by atoms with van der Waals surface area (Å²) in [5.41, 5.74) is 0. The zero-order chi connectivity index (χ0) is 50.7. The fourth-order valence-electron chi connectivity index (χ4n) is 9.57. The van der Waals surface area contributed by atoms with Gasteiger partial charge in [-0.2, -0.15) is 0 Å². The monoisotopic (exact) mass is 984 g/mol. The Morgan fingerprint density at radius 3 is 1.01 bits per heavy atom. The largest absolute Gasteiger partial charge is 0.466 e. The van der Waals surface area contributed by atoms with Crippen molar-refractivity contribution in [2.75, 3.05) is 13.2 Å². The van der Waals surface area contributed by atoms with E-state index < -0.39 is 12.1 Å². The highest BCUT2D eigenvalue weighted by atomic mass is 16.5. The molecule has 0 radical (unpaired) electrons. The highest BCUT2D eigenvalue weighted by Crippen LogP contribution is 2.17. The molecule has 0 rings (SSSR count). The van der Waals surface area contributed by atoms with E-state index in [-0.39, 0.29) is 18.5 Å². The summed E-state index contributed by atoms with van der Waals surface area (Å²) in [6.07, 6.45) is 74.9. The van der Waals surface area contributed by atoms with Crippen LogP contribution in [-0.4, -0.2) is 47.4 Å². The maximum Gasteiger partial charge on any atom is 0.305 e. The average molecular weight is 985 g/mol. The van der Waals surface area contributed by atoms with Crippen molar-refractivity contribution in [3.05, 3.63) is 36.5 Å². The number of ether oxygens (including phenoxy) is 1. The molecule has 412 valence electrons. The Morgan fingerprint density at radius 1 is 0.386 bits per heavy atom. The minimum atomic E-state index is -0.842. The number of hydrogen-bond acceptors (Lipinski definition) is 5. The molecule has 0 fully saturated rings. The second kappa shape index (κ2) is 59.6. The maximum atomic E-state index is 12.4. The zero-order valence-corrected chi connectivity index (χ0v) is 47.0. The minimum Gasteiger partial charge on any atom is -0.466 e. The molecule has 6 nitrogen and oxygen atoms in total. The molecule has 0 heterocycles. The van der Waals surface area contributed by atoms with E-state index >= 15 is 0 Å². The lowest BCUT2D eigenvalue weighted by atomic mass is 10.0. The van der Waals surface area contributed by atoms with Crippen LogP contribution in [0.1, 0.15) is 335 Å². The van der Waals surface area contributed by atoms with E-state index in [2.05, 4.69) is 43.5 Å². The summed E-state index contributed by atoms with van der Waals surface area (Å²) >= 11 is 0. The molecule has 0 spiro atoms. The Kier molecular flexibility index (Phi) is 58.0. The molecule has 0 bridgehead atoms. The first-order chi connectivity index (χ1) is 34.5. The number of hydrogen-bond donors (Lipinski definition) is 3. The number of aliphatic hydroxyl groups excluding tert-OH is 2. The predicted molar refractivity (Wildman–Crippen MR) is 306 cm³/mol. The molecular formula is C64H121NO5. The molecule has 2 unspecified atom stereocenters. The first kappa shape index (κ1) is 68.1. The highest BCUT2D eigenvalue weighted by Gasteiger charge is 2.18. The topological polar surface area (TPSA) is 95.9 Å². The van der Waals surface area contributed by atoms with Gasteiger partial charge in [0.1, 0.15) is 0 Å². The van der Waals surface area contributed by atoms with Crippen LogP contribution in [0, 0.1) is 0 Å². The molecule has 0 aromatic heterocycles. The smallest absolute Gasteiger partial charge is 0.305 e. The number of allylic oxidation sites excluding steroid dienone is 5. The van der Waals surface area contributed by atoms with Gasteiger partial charge in [0.2, 0.25) is 5.91 Å². The van der Waals surface area contributed by atoms with Crippen LogP contribution in [0.2, 0.25) is 0 Å². The SMILES string of the molecule is CCCCCCCCC/C=C\CCCCCCCC(=O)OCCCCCCCCCCCCCC/C=C\CCCCCCCCCCCCCCC(=O)NC(CO)C(O)/C=C/CCCCCCCCC. The summed E-state index contributed by atoms with van der Waals surface area (Å²) in [6, 6.07) is -0.626. The van der Waals surface area contributed by atoms with Gasteiger partial charge in [-0.15, -0.1) is 0 Å². The van der Waals surface area contributed by atoms with Gasteiger partial charge in [0, 0.05) is 12.8 Å². The molecule has 0 aromatic carbocycles. The standard InChI is InChI=1S/C64H121NO5/c1-3-5-7-9-11-13-14-15-16-32-35-38-42-46-50-54-58-64(69)70-59-55-51-47-43-39-36-33-30-28-26-24-22-20-18-17-19-21-23-25-27-29-31-34-37-41-45-49-53-57-63(68)65-61(60-66)62(67)56-52-48-44-40-12-10-8-6-4-2/h16-18,32,52,56,61-62,66-67H,3-15,19-31,33-51,53-55,57-60H2,1-2H3,(H,65,68)/b18-17-,32-16-,56-52+. The van der Waals surface area contributed by atoms with E-state index in [1.807, 2.05) is 6.08 Å². The molecule has 0 saturated heterocycles. The van der Waals surface area contributed by atoms with E-state index in [0.29, 0.717) is 19.4 Å². The Bertz CT molecular complexity index is 1130. The number of esters is 1. The molecule has 3 N–H and O–H groups in total. The molecule has 0 aliphatic carbocycles. The number of aliphatic hydroxyl groups is 2. The third-order valence-electron chi connectivity index (χ3n) is 14.4. The van der Waals surface area contributed by atoms with Crippen LogP contribution in [0.4, 0.5) is 0 Å². The summed E-state index contributed by atoms with van der Waals surface area (Å²) in [4.78, 5) is 24.5. The molecule has 0 aliphatic heterocycles. The second-order valence-electron chi connectivity index (χ2n) is 21.4. The third-order valence-corrected chi connectivity index (χ3v) is 14.4. The first-order valence-electron chi connectivity index (χ1n) is 31.3. The normalized spacial score (nSPS) is 12.8. The Hall–Kier alpha value is -1.92. The zero-order valence-electron chi connectivity index (χ0n) is 47.0. The lowest BCUT2D eigenvalue weighted by Gasteiger charge is -2.20. The number of unbranched alkanes of at least 4 members (excludes halogenated alkanes) is 43. The van der Waals surface area contributed by atoms with E-state index in [9.17, 15) is 19.8 Å². The van der Waals surface area contributed by atoms with Crippen LogP contribution in [0.3, 0.4) is 0 Å². The molecule has 1 amide bonds. The van der Waals surface area contributed by atoms with Gasteiger partial charge in [-0.25, -0.2) is 0 Å². The second-order valence-corrected chi connectivity index (χ2v) is 21.4. The summed E-state index contributed by atoms with van der Waals surface area (Å²) in [5.74, 6) is -0.0624. The number of rotatable bonds is 58. The summed E-state index contributed by atoms with van der Waals surface area (Å²) in [5, 5.41) is 22.9. The molecule has 2 atom stereocenters. The van der Waals surface area contributed by atoms with E-state index in [0.717, 1.165) is 44.9 Å². The van der Waals surface area contributed by atoms with Gasteiger partial charge in [0.05, 0.1) is 25.4 Å². The number of carbonyl (C=O) groups excluding carboxylic acids is 2. The lowest BCUT2D eigenvalue weighted by Crippen LogP contribution is -2.45. The van der Waals surface area contributed by atoms with Gasteiger partial charge in [-0.1, -0.05) is 275 Å². The number of nitrogens with one attached hydrogen (secondary N) is 1. The summed E-state index contributed by atoms with van der Waals surface area (Å²) in [6.45, 7) is 4.88. The van der Waals surface area contributed by atoms with E-state index in [4.69, 9.17) is 4.74 Å². The molecule has 6 heteroatoms. The minimum absolute atomic E-state index is 0.00792. The van der Waals surface area contributed by atoms with Crippen LogP contribution in [0.5, 0.6) is 0 Å². The fraction of sp³-hybridized carbons (Fsp3) is 0.875. The lowest BCUT2D eigenvalue weighted by molar-refractivity contribution is -0.143. The van der Waals surface area contributed by atoms with Crippen molar-refractivity contribution in [2.45, 2.75) is 347 Å². The van der Waals surface area contributed by atoms with Gasteiger partial charge in [0.25, 0.3) is 0 Å². The van der Waals surface area contributed by atoms with Crippen LogP contribution < -0.4 is 5.32 Å². The summed E-state index contributed by atoms with van der Waals surface area (Å²) in [7, 11) is 0. The maximum absolute atomic E-state index is 12.4. The highest BCUT2D eigenvalue weighted by molar-refractivity contribution is 5.76.